The molecule has 1 fully saturated rings. The topological polar surface area (TPSA) is 63.0 Å². The number of rotatable bonds is 4. The molecule has 0 atom stereocenters. The molecule has 1 saturated heterocycles. The summed E-state index contributed by atoms with van der Waals surface area (Å²) in [6.07, 6.45) is 5.13. The van der Waals surface area contributed by atoms with E-state index in [0.29, 0.717) is 5.52 Å². The molecular formula is C20H20FN7. The molecule has 0 radical (unpaired) electrons. The third-order valence-corrected chi connectivity index (χ3v) is 5.30. The van der Waals surface area contributed by atoms with Gasteiger partial charge in [0.1, 0.15) is 18.0 Å². The maximum atomic E-state index is 13.3. The Hall–Kier alpha value is -3.13. The van der Waals surface area contributed by atoms with Crippen LogP contribution in [0.15, 0.2) is 49.2 Å². The van der Waals surface area contributed by atoms with Crippen molar-refractivity contribution in [2.45, 2.75) is 6.54 Å². The van der Waals surface area contributed by atoms with Crippen molar-refractivity contribution in [1.82, 2.24) is 29.4 Å². The molecule has 1 aromatic carbocycles. The molecule has 0 bridgehead atoms. The quantitative estimate of drug-likeness (QED) is 0.544. The van der Waals surface area contributed by atoms with Crippen LogP contribution in [0.4, 0.5) is 10.2 Å². The van der Waals surface area contributed by atoms with Gasteiger partial charge in [0.2, 0.25) is 0 Å². The third-order valence-electron chi connectivity index (χ3n) is 5.30. The highest BCUT2D eigenvalue weighted by molar-refractivity contribution is 5.86. The number of imidazole rings is 1. The minimum atomic E-state index is -0.249. The van der Waals surface area contributed by atoms with Gasteiger partial charge in [-0.05, 0) is 24.3 Å². The molecule has 28 heavy (non-hydrogen) atoms. The Morgan fingerprint density at radius 3 is 2.71 bits per heavy atom. The minimum absolute atomic E-state index is 0.249. The monoisotopic (exact) mass is 377 g/mol. The number of benzene rings is 1. The number of piperazine rings is 1. The highest BCUT2D eigenvalue weighted by Crippen LogP contribution is 2.22. The number of fused-ring (bicyclic) bond motifs is 2. The van der Waals surface area contributed by atoms with E-state index in [1.165, 1.54) is 12.1 Å². The molecule has 0 amide bonds. The lowest BCUT2D eigenvalue weighted by molar-refractivity contribution is 0.249. The normalized spacial score (nSPS) is 15.5. The van der Waals surface area contributed by atoms with Crippen molar-refractivity contribution in [3.8, 4) is 0 Å². The van der Waals surface area contributed by atoms with Crippen LogP contribution in [0.3, 0.4) is 0 Å². The van der Waals surface area contributed by atoms with Crippen LogP contribution in [-0.4, -0.2) is 62.1 Å². The molecule has 1 aliphatic heterocycles. The van der Waals surface area contributed by atoms with Gasteiger partial charge in [-0.2, -0.15) is 0 Å². The Balaban J connectivity index is 1.23. The Morgan fingerprint density at radius 1 is 0.929 bits per heavy atom. The van der Waals surface area contributed by atoms with E-state index in [-0.39, 0.29) is 5.82 Å². The summed E-state index contributed by atoms with van der Waals surface area (Å²) in [6, 6.07) is 8.71. The van der Waals surface area contributed by atoms with Crippen LogP contribution in [-0.2, 0) is 6.54 Å². The molecule has 0 aliphatic carbocycles. The Bertz CT molecular complexity index is 1110. The van der Waals surface area contributed by atoms with E-state index >= 15 is 0 Å². The smallest absolute Gasteiger partial charge is 0.164 e. The molecule has 5 rings (SSSR count). The van der Waals surface area contributed by atoms with Gasteiger partial charge >= 0.3 is 0 Å². The first kappa shape index (κ1) is 17.0. The molecule has 142 valence electrons. The summed E-state index contributed by atoms with van der Waals surface area (Å²) in [5.41, 5.74) is 2.41. The van der Waals surface area contributed by atoms with E-state index < -0.39 is 0 Å². The maximum Gasteiger partial charge on any atom is 0.164 e. The fraction of sp³-hybridized carbons (Fsp3) is 0.300. The van der Waals surface area contributed by atoms with E-state index in [9.17, 15) is 4.39 Å². The number of aromatic nitrogens is 5. The number of nitrogens with zero attached hydrogens (tertiary/aromatic N) is 7. The second-order valence-electron chi connectivity index (χ2n) is 6.97. The van der Waals surface area contributed by atoms with E-state index in [2.05, 4.69) is 34.3 Å². The zero-order valence-electron chi connectivity index (χ0n) is 15.4. The number of hydrogen-bond donors (Lipinski definition) is 0. The summed E-state index contributed by atoms with van der Waals surface area (Å²) in [7, 11) is 0. The average Bonchev–Trinajstić information content (AvgIpc) is 3.14. The number of halogens is 1. The third kappa shape index (κ3) is 3.16. The van der Waals surface area contributed by atoms with Crippen molar-refractivity contribution in [3.05, 3.63) is 55.0 Å². The van der Waals surface area contributed by atoms with Gasteiger partial charge in [0, 0.05) is 51.5 Å². The zero-order valence-corrected chi connectivity index (χ0v) is 15.4. The first-order chi connectivity index (χ1) is 13.8. The Kier molecular flexibility index (Phi) is 4.32. The molecule has 1 aliphatic rings. The number of pyridine rings is 1. The summed E-state index contributed by atoms with van der Waals surface area (Å²) in [6.45, 7) is 5.53. The van der Waals surface area contributed by atoms with Crippen LogP contribution in [0.25, 0.3) is 22.1 Å². The van der Waals surface area contributed by atoms with Crippen LogP contribution in [0.5, 0.6) is 0 Å². The number of hydrogen-bond acceptors (Lipinski definition) is 6. The van der Waals surface area contributed by atoms with Gasteiger partial charge < -0.3 is 9.47 Å². The fourth-order valence-electron chi connectivity index (χ4n) is 3.78. The molecule has 4 heterocycles. The lowest BCUT2D eigenvalue weighted by Gasteiger charge is -2.35. The summed E-state index contributed by atoms with van der Waals surface area (Å²) in [5, 5.41) is 0.996. The molecule has 7 nitrogen and oxygen atoms in total. The predicted molar refractivity (Wildman–Crippen MR) is 106 cm³/mol. The van der Waals surface area contributed by atoms with Crippen LogP contribution in [0, 0.1) is 5.82 Å². The first-order valence-corrected chi connectivity index (χ1v) is 9.41. The summed E-state index contributed by atoms with van der Waals surface area (Å²) < 4.78 is 15.4. The summed E-state index contributed by atoms with van der Waals surface area (Å²) >= 11 is 0. The van der Waals surface area contributed by atoms with E-state index in [1.807, 2.05) is 12.1 Å². The van der Waals surface area contributed by atoms with Crippen molar-refractivity contribution in [2.24, 2.45) is 0 Å². The highest BCUT2D eigenvalue weighted by Gasteiger charge is 2.20. The van der Waals surface area contributed by atoms with Gasteiger partial charge in [-0.25, -0.2) is 24.3 Å². The molecule has 0 saturated carbocycles. The SMILES string of the molecule is Fc1ccc2c(c1)ncn2CCN1CCN(c2ncnc3ncccc23)CC1. The Morgan fingerprint density at radius 2 is 1.82 bits per heavy atom. The van der Waals surface area contributed by atoms with Crippen molar-refractivity contribution in [3.63, 3.8) is 0 Å². The summed E-state index contributed by atoms with van der Waals surface area (Å²) in [4.78, 5) is 22.1. The van der Waals surface area contributed by atoms with Crippen LogP contribution < -0.4 is 4.90 Å². The molecule has 0 N–H and O–H groups in total. The van der Waals surface area contributed by atoms with E-state index in [0.717, 1.165) is 61.6 Å². The maximum absolute atomic E-state index is 13.3. The van der Waals surface area contributed by atoms with Gasteiger partial charge in [0.05, 0.1) is 22.7 Å². The van der Waals surface area contributed by atoms with Crippen LogP contribution in [0.2, 0.25) is 0 Å². The highest BCUT2D eigenvalue weighted by atomic mass is 19.1. The Labute approximate surface area is 161 Å². The standard InChI is InChI=1S/C20H20FN7/c21-15-3-4-18-17(12-15)25-14-28(18)11-8-26-6-9-27(10-7-26)20-16-2-1-5-22-19(16)23-13-24-20/h1-5,12-14H,6-11H2. The van der Waals surface area contributed by atoms with Crippen LogP contribution in [0.1, 0.15) is 0 Å². The van der Waals surface area contributed by atoms with Gasteiger partial charge in [-0.15, -0.1) is 0 Å². The van der Waals surface area contributed by atoms with Crippen molar-refractivity contribution < 1.29 is 4.39 Å². The first-order valence-electron chi connectivity index (χ1n) is 9.41. The predicted octanol–water partition coefficient (Wildman–Crippen LogP) is 2.34. The molecule has 4 aromatic rings. The van der Waals surface area contributed by atoms with Crippen molar-refractivity contribution in [2.75, 3.05) is 37.6 Å². The van der Waals surface area contributed by atoms with Gasteiger partial charge in [-0.3, -0.25) is 4.90 Å². The van der Waals surface area contributed by atoms with Gasteiger partial charge in [0.15, 0.2) is 5.65 Å². The molecule has 0 unspecified atom stereocenters. The van der Waals surface area contributed by atoms with E-state index in [4.69, 9.17) is 0 Å². The van der Waals surface area contributed by atoms with Crippen molar-refractivity contribution in [1.29, 1.82) is 0 Å². The van der Waals surface area contributed by atoms with E-state index in [1.54, 1.807) is 24.9 Å². The molecular weight excluding hydrogens is 357 g/mol. The average molecular weight is 377 g/mol. The lowest BCUT2D eigenvalue weighted by atomic mass is 10.2. The van der Waals surface area contributed by atoms with Crippen molar-refractivity contribution >= 4 is 27.9 Å². The second-order valence-corrected chi connectivity index (χ2v) is 6.97. The van der Waals surface area contributed by atoms with Crippen LogP contribution >= 0.6 is 0 Å². The second kappa shape index (κ2) is 7.12. The van der Waals surface area contributed by atoms with Gasteiger partial charge in [0.25, 0.3) is 0 Å². The lowest BCUT2D eigenvalue weighted by Crippen LogP contribution is -2.47. The largest absolute Gasteiger partial charge is 0.353 e. The molecule has 0 spiro atoms. The zero-order chi connectivity index (χ0) is 18.9. The minimum Gasteiger partial charge on any atom is -0.353 e. The summed E-state index contributed by atoms with van der Waals surface area (Å²) in [5.74, 6) is 0.710. The fourth-order valence-corrected chi connectivity index (χ4v) is 3.78. The van der Waals surface area contributed by atoms with Gasteiger partial charge in [-0.1, -0.05) is 0 Å². The molecule has 8 heteroatoms. The molecule has 3 aromatic heterocycles. The number of anilines is 1.